The fourth-order valence-electron chi connectivity index (χ4n) is 2.46. The average molecular weight is 381 g/mol. The molecule has 0 bridgehead atoms. The van der Waals surface area contributed by atoms with Gasteiger partial charge in [0.1, 0.15) is 0 Å². The van der Waals surface area contributed by atoms with Crippen molar-refractivity contribution >= 4 is 28.2 Å². The van der Waals surface area contributed by atoms with Gasteiger partial charge in [0.2, 0.25) is 0 Å². The molecule has 2 aromatic carbocycles. The number of hydrogen-bond donors (Lipinski definition) is 0. The molecule has 0 N–H and O–H groups in total. The van der Waals surface area contributed by atoms with Crippen LogP contribution in [0.2, 0.25) is 0 Å². The summed E-state index contributed by atoms with van der Waals surface area (Å²) in [5, 5.41) is 0.358. The van der Waals surface area contributed by atoms with Gasteiger partial charge in [0.15, 0.2) is 0 Å². The molecule has 0 unspecified atom stereocenters. The smallest absolute Gasteiger partial charge is 0.340 e. The molecule has 0 heterocycles. The number of rotatable bonds is 6. The van der Waals surface area contributed by atoms with Gasteiger partial charge in [-0.05, 0) is 36.5 Å². The summed E-state index contributed by atoms with van der Waals surface area (Å²) in [6.07, 6.45) is 0. The summed E-state index contributed by atoms with van der Waals surface area (Å²) in [6, 6.07) is 19.1. The largest absolute Gasteiger partial charge is 0.462 e. The zero-order valence-electron chi connectivity index (χ0n) is 16.3. The molecule has 3 heteroatoms. The summed E-state index contributed by atoms with van der Waals surface area (Å²) in [6.45, 7) is 8.26. The summed E-state index contributed by atoms with van der Waals surface area (Å²) in [4.78, 5) is 12.9. The zero-order chi connectivity index (χ0) is 19.8. The Hall–Kier alpha value is -2.54. The van der Waals surface area contributed by atoms with Crippen molar-refractivity contribution in [3.63, 3.8) is 0 Å². The maximum absolute atomic E-state index is 12.9. The van der Waals surface area contributed by atoms with E-state index in [2.05, 4.69) is 19.6 Å². The van der Waals surface area contributed by atoms with E-state index < -0.39 is 5.97 Å². The van der Waals surface area contributed by atoms with Crippen LogP contribution in [0.4, 0.5) is 0 Å². The summed E-state index contributed by atoms with van der Waals surface area (Å²) in [5.74, 6) is -0.156. The van der Waals surface area contributed by atoms with Gasteiger partial charge in [-0.25, -0.2) is 4.79 Å². The fraction of sp³-hybridized carbons (Fsp3) is 0.250. The van der Waals surface area contributed by atoms with Crippen molar-refractivity contribution in [2.75, 3.05) is 6.61 Å². The molecular weight excluding hydrogens is 356 g/mol. The number of benzene rings is 2. The van der Waals surface area contributed by atoms with Gasteiger partial charge in [0.05, 0.1) is 17.2 Å². The number of hydrogen-bond acceptors (Lipinski definition) is 2. The van der Waals surface area contributed by atoms with E-state index in [-0.39, 0.29) is 6.61 Å². The zero-order valence-corrected chi connectivity index (χ0v) is 17.0. The highest BCUT2D eigenvalue weighted by Gasteiger charge is 2.23. The molecule has 0 atom stereocenters. The first-order chi connectivity index (χ1) is 13.0. The summed E-state index contributed by atoms with van der Waals surface area (Å²) in [5.41, 5.74) is 7.06. The highest BCUT2D eigenvalue weighted by atomic mass is 35.5. The van der Waals surface area contributed by atoms with Crippen LogP contribution in [0.3, 0.4) is 0 Å². The van der Waals surface area contributed by atoms with E-state index in [4.69, 9.17) is 16.3 Å². The lowest BCUT2D eigenvalue weighted by atomic mass is 9.94. The Morgan fingerprint density at radius 2 is 1.52 bits per heavy atom. The van der Waals surface area contributed by atoms with Crippen LogP contribution >= 0.6 is 11.6 Å². The van der Waals surface area contributed by atoms with Crippen LogP contribution in [0.1, 0.15) is 38.8 Å². The van der Waals surface area contributed by atoms with Gasteiger partial charge < -0.3 is 4.74 Å². The Bertz CT molecular complexity index is 871. The predicted molar refractivity (Wildman–Crippen MR) is 113 cm³/mol. The molecule has 140 valence electrons. The topological polar surface area (TPSA) is 26.3 Å². The second-order valence-corrected chi connectivity index (χ2v) is 6.86. The van der Waals surface area contributed by atoms with Gasteiger partial charge in [-0.15, -0.1) is 5.73 Å². The SMILES string of the molecule is CCOC(=O)/C(C(=C=C(C)C(C)C)c1ccccc1)=C(/Cl)c1ccccc1. The Labute approximate surface area is 166 Å². The Kier molecular flexibility index (Phi) is 7.67. The van der Waals surface area contributed by atoms with Crippen LogP contribution in [-0.2, 0) is 9.53 Å². The molecule has 2 aromatic rings. The van der Waals surface area contributed by atoms with Gasteiger partial charge in [-0.2, -0.15) is 0 Å². The third-order valence-electron chi connectivity index (χ3n) is 4.23. The molecule has 0 saturated heterocycles. The quantitative estimate of drug-likeness (QED) is 0.248. The van der Waals surface area contributed by atoms with Crippen molar-refractivity contribution in [3.8, 4) is 0 Å². The average Bonchev–Trinajstić information content (AvgIpc) is 2.68. The van der Waals surface area contributed by atoms with Crippen molar-refractivity contribution < 1.29 is 9.53 Å². The first-order valence-corrected chi connectivity index (χ1v) is 9.49. The molecule has 0 aliphatic carbocycles. The summed E-state index contributed by atoms with van der Waals surface area (Å²) >= 11 is 6.72. The molecule has 0 aliphatic rings. The van der Waals surface area contributed by atoms with Gasteiger partial charge in [0, 0.05) is 5.57 Å². The van der Waals surface area contributed by atoms with Crippen molar-refractivity contribution in [2.24, 2.45) is 5.92 Å². The molecule has 0 spiro atoms. The molecule has 0 aliphatic heterocycles. The molecule has 0 radical (unpaired) electrons. The third-order valence-corrected chi connectivity index (χ3v) is 4.63. The Morgan fingerprint density at radius 3 is 2.00 bits per heavy atom. The van der Waals surface area contributed by atoms with Crippen molar-refractivity contribution in [2.45, 2.75) is 27.7 Å². The van der Waals surface area contributed by atoms with Gasteiger partial charge in [0.25, 0.3) is 0 Å². The first-order valence-electron chi connectivity index (χ1n) is 9.11. The Balaban J connectivity index is 2.84. The maximum Gasteiger partial charge on any atom is 0.340 e. The minimum Gasteiger partial charge on any atom is -0.462 e. The second-order valence-electron chi connectivity index (χ2n) is 6.48. The number of carbonyl (C=O) groups excluding carboxylic acids is 1. The van der Waals surface area contributed by atoms with Crippen molar-refractivity contribution in [3.05, 3.63) is 88.7 Å². The second kappa shape index (κ2) is 9.97. The summed E-state index contributed by atoms with van der Waals surface area (Å²) < 4.78 is 5.34. The fourth-order valence-corrected chi connectivity index (χ4v) is 2.76. The van der Waals surface area contributed by atoms with E-state index in [9.17, 15) is 4.79 Å². The minimum absolute atomic E-state index is 0.274. The van der Waals surface area contributed by atoms with Gasteiger partial charge in [-0.1, -0.05) is 86.1 Å². The summed E-state index contributed by atoms with van der Waals surface area (Å²) in [7, 11) is 0. The highest BCUT2D eigenvalue weighted by Crippen LogP contribution is 2.33. The molecule has 0 aromatic heterocycles. The number of ether oxygens (including phenoxy) is 1. The van der Waals surface area contributed by atoms with E-state index in [1.807, 2.05) is 67.6 Å². The van der Waals surface area contributed by atoms with Crippen LogP contribution in [0.25, 0.3) is 10.6 Å². The van der Waals surface area contributed by atoms with E-state index in [1.54, 1.807) is 6.92 Å². The van der Waals surface area contributed by atoms with Crippen LogP contribution in [0, 0.1) is 5.92 Å². The molecule has 2 rings (SSSR count). The molecule has 0 saturated carbocycles. The number of esters is 1. The van der Waals surface area contributed by atoms with Crippen LogP contribution < -0.4 is 0 Å². The van der Waals surface area contributed by atoms with Gasteiger partial charge >= 0.3 is 5.97 Å². The maximum atomic E-state index is 12.9. The standard InChI is InChI=1S/C24H25ClO2/c1-5-27-24(26)22(23(25)20-14-10-7-11-15-20)21(16-18(4)17(2)3)19-12-8-6-9-13-19/h6-15,17H,5H2,1-4H3/b23-22+. The molecule has 0 fully saturated rings. The number of carbonyl (C=O) groups is 1. The van der Waals surface area contributed by atoms with Crippen molar-refractivity contribution in [1.29, 1.82) is 0 Å². The molecule has 27 heavy (non-hydrogen) atoms. The van der Waals surface area contributed by atoms with Crippen LogP contribution in [0.15, 0.2) is 77.5 Å². The lowest BCUT2D eigenvalue weighted by Crippen LogP contribution is -2.11. The normalized spacial score (nSPS) is 11.5. The van der Waals surface area contributed by atoms with Crippen LogP contribution in [0.5, 0.6) is 0 Å². The molecule has 0 amide bonds. The van der Waals surface area contributed by atoms with E-state index in [0.717, 1.165) is 16.7 Å². The first kappa shape index (κ1) is 20.8. The Morgan fingerprint density at radius 1 is 1.00 bits per heavy atom. The monoisotopic (exact) mass is 380 g/mol. The lowest BCUT2D eigenvalue weighted by Gasteiger charge is -2.14. The molecule has 2 nitrogen and oxygen atoms in total. The van der Waals surface area contributed by atoms with Gasteiger partial charge in [-0.3, -0.25) is 0 Å². The number of halogens is 1. The molecular formula is C24H25ClO2. The highest BCUT2D eigenvalue weighted by molar-refractivity contribution is 6.52. The van der Waals surface area contributed by atoms with Crippen LogP contribution in [-0.4, -0.2) is 12.6 Å². The van der Waals surface area contributed by atoms with E-state index in [1.165, 1.54) is 0 Å². The van der Waals surface area contributed by atoms with E-state index >= 15 is 0 Å². The van der Waals surface area contributed by atoms with Crippen molar-refractivity contribution in [1.82, 2.24) is 0 Å². The lowest BCUT2D eigenvalue weighted by molar-refractivity contribution is -0.137. The predicted octanol–water partition coefficient (Wildman–Crippen LogP) is 6.48. The minimum atomic E-state index is -0.450. The third kappa shape index (κ3) is 5.47. The van der Waals surface area contributed by atoms with E-state index in [0.29, 0.717) is 22.1 Å².